The highest BCUT2D eigenvalue weighted by molar-refractivity contribution is 6.33. The molecule has 1 aliphatic rings. The van der Waals surface area contributed by atoms with Crippen molar-refractivity contribution in [1.29, 1.82) is 0 Å². The summed E-state index contributed by atoms with van der Waals surface area (Å²) in [5.74, 6) is 6.67. The minimum Gasteiger partial charge on any atom is -0.444 e. The fraction of sp³-hybridized carbons (Fsp3) is 0.609. The summed E-state index contributed by atoms with van der Waals surface area (Å²) >= 11 is 6.44. The van der Waals surface area contributed by atoms with Gasteiger partial charge in [-0.15, -0.1) is 0 Å². The summed E-state index contributed by atoms with van der Waals surface area (Å²) in [6.45, 7) is 13.7. The van der Waals surface area contributed by atoms with Crippen molar-refractivity contribution in [2.24, 2.45) is 0 Å². The molecular weight excluding hydrogens is 432 g/mol. The number of pyridine rings is 1. The highest BCUT2D eigenvalue weighted by Gasteiger charge is 2.27. The summed E-state index contributed by atoms with van der Waals surface area (Å²) in [4.78, 5) is 32.0. The van der Waals surface area contributed by atoms with Crippen LogP contribution in [0.2, 0.25) is 5.02 Å². The third-order valence-corrected chi connectivity index (χ3v) is 4.48. The number of piperazine rings is 1. The Morgan fingerprint density at radius 3 is 2.28 bits per heavy atom. The second-order valence-electron chi connectivity index (χ2n) is 9.46. The Morgan fingerprint density at radius 2 is 1.72 bits per heavy atom. The van der Waals surface area contributed by atoms with Crippen molar-refractivity contribution in [3.8, 4) is 11.8 Å². The molecule has 0 aromatic carbocycles. The fourth-order valence-corrected chi connectivity index (χ4v) is 3.15. The first-order valence-corrected chi connectivity index (χ1v) is 11.1. The van der Waals surface area contributed by atoms with E-state index in [9.17, 15) is 9.59 Å². The molecule has 1 fully saturated rings. The molecule has 1 aromatic rings. The molecule has 2 amide bonds. The van der Waals surface area contributed by atoms with E-state index in [1.54, 1.807) is 17.2 Å². The van der Waals surface area contributed by atoms with Gasteiger partial charge in [-0.05, 0) is 47.6 Å². The van der Waals surface area contributed by atoms with Crippen molar-refractivity contribution in [3.63, 3.8) is 0 Å². The maximum atomic E-state index is 12.2. The second kappa shape index (κ2) is 10.8. The molecule has 0 bridgehead atoms. The van der Waals surface area contributed by atoms with Crippen LogP contribution in [0.25, 0.3) is 0 Å². The quantitative estimate of drug-likeness (QED) is 0.536. The summed E-state index contributed by atoms with van der Waals surface area (Å²) in [7, 11) is 0. The molecule has 9 heteroatoms. The Morgan fingerprint density at radius 1 is 1.09 bits per heavy atom. The van der Waals surface area contributed by atoms with Crippen LogP contribution in [-0.4, -0.2) is 66.0 Å². The number of carbonyl (C=O) groups excluding carboxylic acids is 2. The van der Waals surface area contributed by atoms with Gasteiger partial charge in [0.25, 0.3) is 0 Å². The average Bonchev–Trinajstić information content (AvgIpc) is 2.65. The zero-order valence-electron chi connectivity index (χ0n) is 19.7. The first kappa shape index (κ1) is 25.6. The third-order valence-electron chi connectivity index (χ3n) is 4.20. The molecule has 1 saturated heterocycles. The smallest absolute Gasteiger partial charge is 0.410 e. The van der Waals surface area contributed by atoms with Crippen molar-refractivity contribution in [1.82, 2.24) is 15.2 Å². The van der Waals surface area contributed by atoms with Crippen LogP contribution >= 0.6 is 11.6 Å². The standard InChI is InChI=1S/C23H33ClN4O4/c1-22(2,3)31-20(29)25-10-8-7-9-17-15-18(24)19(26-16-17)27-11-13-28(14-12-27)21(30)32-23(4,5)6/h15-16H,8,10-14H2,1-6H3,(H,25,29). The van der Waals surface area contributed by atoms with E-state index in [2.05, 4.69) is 22.1 Å². The third kappa shape index (κ3) is 8.83. The summed E-state index contributed by atoms with van der Waals surface area (Å²) in [6, 6.07) is 1.78. The number of anilines is 1. The van der Waals surface area contributed by atoms with Crippen LogP contribution in [0.3, 0.4) is 0 Å². The molecule has 0 atom stereocenters. The molecule has 1 aromatic heterocycles. The van der Waals surface area contributed by atoms with Gasteiger partial charge in [-0.25, -0.2) is 14.6 Å². The van der Waals surface area contributed by atoms with Crippen LogP contribution in [0.4, 0.5) is 15.4 Å². The first-order valence-electron chi connectivity index (χ1n) is 10.7. The normalized spacial score (nSPS) is 14.3. The van der Waals surface area contributed by atoms with Gasteiger partial charge in [-0.1, -0.05) is 23.4 Å². The lowest BCUT2D eigenvalue weighted by Gasteiger charge is -2.36. The number of amides is 2. The molecule has 32 heavy (non-hydrogen) atoms. The molecular formula is C23H33ClN4O4. The molecule has 8 nitrogen and oxygen atoms in total. The topological polar surface area (TPSA) is 84.0 Å². The van der Waals surface area contributed by atoms with Gasteiger partial charge in [0, 0.05) is 50.9 Å². The van der Waals surface area contributed by atoms with E-state index in [-0.39, 0.29) is 6.09 Å². The van der Waals surface area contributed by atoms with Gasteiger partial charge >= 0.3 is 12.2 Å². The van der Waals surface area contributed by atoms with Gasteiger partial charge < -0.3 is 24.6 Å². The predicted molar refractivity (Wildman–Crippen MR) is 125 cm³/mol. The molecule has 0 aliphatic carbocycles. The number of ether oxygens (including phenoxy) is 2. The van der Waals surface area contributed by atoms with Crippen LogP contribution < -0.4 is 10.2 Å². The fourth-order valence-electron chi connectivity index (χ4n) is 2.86. The largest absolute Gasteiger partial charge is 0.444 e. The number of aromatic nitrogens is 1. The molecule has 0 unspecified atom stereocenters. The molecule has 1 aliphatic heterocycles. The number of hydrogen-bond acceptors (Lipinski definition) is 6. The molecule has 0 radical (unpaired) electrons. The Labute approximate surface area is 195 Å². The molecule has 0 spiro atoms. The number of alkyl carbamates (subject to hydrolysis) is 1. The van der Waals surface area contributed by atoms with E-state index >= 15 is 0 Å². The number of halogens is 1. The van der Waals surface area contributed by atoms with Crippen LogP contribution in [0.1, 0.15) is 53.5 Å². The Kier molecular flexibility index (Phi) is 8.62. The van der Waals surface area contributed by atoms with Crippen molar-refractivity contribution in [3.05, 3.63) is 22.8 Å². The van der Waals surface area contributed by atoms with Crippen LogP contribution in [-0.2, 0) is 9.47 Å². The second-order valence-corrected chi connectivity index (χ2v) is 9.87. The highest BCUT2D eigenvalue weighted by Crippen LogP contribution is 2.25. The summed E-state index contributed by atoms with van der Waals surface area (Å²) < 4.78 is 10.6. The van der Waals surface area contributed by atoms with E-state index in [0.29, 0.717) is 55.5 Å². The minimum absolute atomic E-state index is 0.303. The summed E-state index contributed by atoms with van der Waals surface area (Å²) in [5.41, 5.74) is -0.340. The van der Waals surface area contributed by atoms with Gasteiger partial charge in [0.15, 0.2) is 0 Å². The van der Waals surface area contributed by atoms with Crippen molar-refractivity contribution >= 4 is 29.6 Å². The Bertz CT molecular complexity index is 873. The minimum atomic E-state index is -0.525. The highest BCUT2D eigenvalue weighted by atomic mass is 35.5. The number of carbonyl (C=O) groups is 2. The predicted octanol–water partition coefficient (Wildman–Crippen LogP) is 4.06. The van der Waals surface area contributed by atoms with Crippen molar-refractivity contribution in [2.45, 2.75) is 59.2 Å². The van der Waals surface area contributed by atoms with Gasteiger partial charge in [0.05, 0.1) is 5.02 Å². The maximum Gasteiger partial charge on any atom is 0.410 e. The number of nitrogens with zero attached hydrogens (tertiary/aromatic N) is 3. The first-order chi connectivity index (χ1) is 14.8. The lowest BCUT2D eigenvalue weighted by atomic mass is 10.2. The van der Waals surface area contributed by atoms with E-state index in [1.807, 2.05) is 46.4 Å². The number of rotatable bonds is 3. The number of nitrogens with one attached hydrogen (secondary N) is 1. The molecule has 176 valence electrons. The van der Waals surface area contributed by atoms with Crippen molar-refractivity contribution < 1.29 is 19.1 Å². The zero-order valence-corrected chi connectivity index (χ0v) is 20.5. The van der Waals surface area contributed by atoms with Crippen LogP contribution in [0.15, 0.2) is 12.3 Å². The van der Waals surface area contributed by atoms with Gasteiger partial charge in [-0.2, -0.15) is 0 Å². The van der Waals surface area contributed by atoms with Gasteiger partial charge in [0.1, 0.15) is 17.0 Å². The molecule has 2 rings (SSSR count). The van der Waals surface area contributed by atoms with Crippen LogP contribution in [0.5, 0.6) is 0 Å². The zero-order chi connectivity index (χ0) is 23.9. The van der Waals surface area contributed by atoms with E-state index in [0.717, 1.165) is 0 Å². The molecule has 0 saturated carbocycles. The van der Waals surface area contributed by atoms with E-state index in [4.69, 9.17) is 21.1 Å². The SMILES string of the molecule is CC(C)(C)OC(=O)NCCC#Cc1cnc(N2CCN(C(=O)OC(C)(C)C)CC2)c(Cl)c1. The maximum absolute atomic E-state index is 12.2. The summed E-state index contributed by atoms with van der Waals surface area (Å²) in [6.07, 6.45) is 1.39. The number of hydrogen-bond donors (Lipinski definition) is 1. The van der Waals surface area contributed by atoms with E-state index < -0.39 is 17.3 Å². The molecule has 1 N–H and O–H groups in total. The monoisotopic (exact) mass is 464 g/mol. The Balaban J connectivity index is 1.84. The summed E-state index contributed by atoms with van der Waals surface area (Å²) in [5, 5.41) is 3.17. The van der Waals surface area contributed by atoms with Crippen LogP contribution in [0, 0.1) is 11.8 Å². The Hall–Kier alpha value is -2.66. The average molecular weight is 465 g/mol. The van der Waals surface area contributed by atoms with Gasteiger partial charge in [-0.3, -0.25) is 0 Å². The van der Waals surface area contributed by atoms with Gasteiger partial charge in [0.2, 0.25) is 0 Å². The lowest BCUT2D eigenvalue weighted by molar-refractivity contribution is 0.0240. The molecule has 2 heterocycles. The van der Waals surface area contributed by atoms with Crippen molar-refractivity contribution in [2.75, 3.05) is 37.6 Å². The lowest BCUT2D eigenvalue weighted by Crippen LogP contribution is -2.50. The van der Waals surface area contributed by atoms with E-state index in [1.165, 1.54) is 0 Å².